The fourth-order valence-corrected chi connectivity index (χ4v) is 5.50. The number of carbonyl (C=O) groups excluding carboxylic acids is 1. The molecule has 1 N–H and O–H groups in total. The van der Waals surface area contributed by atoms with Crippen LogP contribution in [0.2, 0.25) is 0 Å². The van der Waals surface area contributed by atoms with Crippen molar-refractivity contribution in [2.75, 3.05) is 20.8 Å². The van der Waals surface area contributed by atoms with E-state index < -0.39 is 10.0 Å². The second-order valence-corrected chi connectivity index (χ2v) is 9.09. The van der Waals surface area contributed by atoms with Crippen LogP contribution in [0.15, 0.2) is 47.6 Å². The number of carbonyl (C=O) groups is 1. The lowest BCUT2D eigenvalue weighted by molar-refractivity contribution is 0.0677. The number of piperidine rings is 1. The Balaban J connectivity index is 1.55. The van der Waals surface area contributed by atoms with Crippen LogP contribution in [-0.2, 0) is 10.0 Å². The van der Waals surface area contributed by atoms with E-state index in [4.69, 9.17) is 9.47 Å². The molecule has 8 nitrogen and oxygen atoms in total. The number of likely N-dealkylation sites (tertiary alicyclic amines) is 1. The summed E-state index contributed by atoms with van der Waals surface area (Å²) < 4.78 is 38.7. The average molecular weight is 417 g/mol. The molecule has 1 aromatic heterocycles. The van der Waals surface area contributed by atoms with Crippen molar-refractivity contribution >= 4 is 15.9 Å². The van der Waals surface area contributed by atoms with E-state index in [1.807, 2.05) is 0 Å². The first-order chi connectivity index (χ1) is 13.9. The zero-order valence-corrected chi connectivity index (χ0v) is 17.1. The highest BCUT2D eigenvalue weighted by molar-refractivity contribution is 7.89. The van der Waals surface area contributed by atoms with Crippen LogP contribution in [0.3, 0.4) is 0 Å². The first kappa shape index (κ1) is 19.7. The van der Waals surface area contributed by atoms with Gasteiger partial charge in [0.2, 0.25) is 10.0 Å². The molecule has 2 bridgehead atoms. The van der Waals surface area contributed by atoms with Gasteiger partial charge in [-0.2, -0.15) is 0 Å². The first-order valence-corrected chi connectivity index (χ1v) is 10.9. The standard InChI is InChI=1S/C20H23N3O5S/c1-27-15-8-14(9-16(10-15)28-2)20(24)23-12-13-6-18(19(23)7-13)22-29(25,26)17-4-3-5-21-11-17/h3-5,8-11,13,18-19,22H,6-7,12H2,1-2H3. The van der Waals surface area contributed by atoms with E-state index in [0.29, 0.717) is 23.6 Å². The Morgan fingerprint density at radius 2 is 1.90 bits per heavy atom. The predicted molar refractivity (Wildman–Crippen MR) is 105 cm³/mol. The van der Waals surface area contributed by atoms with Crippen LogP contribution in [0.4, 0.5) is 0 Å². The third-order valence-electron chi connectivity index (χ3n) is 5.59. The third-order valence-corrected chi connectivity index (χ3v) is 7.07. The van der Waals surface area contributed by atoms with Crippen molar-refractivity contribution in [3.63, 3.8) is 0 Å². The van der Waals surface area contributed by atoms with Crippen LogP contribution in [0, 0.1) is 5.92 Å². The van der Waals surface area contributed by atoms with E-state index in [1.54, 1.807) is 29.2 Å². The summed E-state index contributed by atoms with van der Waals surface area (Å²) in [4.78, 5) is 18.9. The summed E-state index contributed by atoms with van der Waals surface area (Å²) in [6.45, 7) is 0.619. The number of rotatable bonds is 6. The molecule has 154 valence electrons. The molecule has 2 aliphatic rings. The van der Waals surface area contributed by atoms with Gasteiger partial charge in [-0.05, 0) is 43.0 Å². The van der Waals surface area contributed by atoms with Crippen molar-refractivity contribution in [2.24, 2.45) is 5.92 Å². The zero-order valence-electron chi connectivity index (χ0n) is 16.2. The van der Waals surface area contributed by atoms with Gasteiger partial charge < -0.3 is 14.4 Å². The van der Waals surface area contributed by atoms with Crippen molar-refractivity contribution in [1.82, 2.24) is 14.6 Å². The molecule has 1 aromatic carbocycles. The largest absolute Gasteiger partial charge is 0.497 e. The van der Waals surface area contributed by atoms with Gasteiger partial charge in [-0.3, -0.25) is 9.78 Å². The number of hydrogen-bond donors (Lipinski definition) is 1. The summed E-state index contributed by atoms with van der Waals surface area (Å²) in [5.74, 6) is 1.19. The minimum absolute atomic E-state index is 0.123. The van der Waals surface area contributed by atoms with E-state index >= 15 is 0 Å². The second-order valence-electron chi connectivity index (χ2n) is 7.38. The van der Waals surface area contributed by atoms with E-state index in [9.17, 15) is 13.2 Å². The lowest BCUT2D eigenvalue weighted by Gasteiger charge is -2.33. The summed E-state index contributed by atoms with van der Waals surface area (Å²) in [5, 5.41) is 0. The number of fused-ring (bicyclic) bond motifs is 2. The highest BCUT2D eigenvalue weighted by Gasteiger charge is 2.48. The van der Waals surface area contributed by atoms with Crippen LogP contribution >= 0.6 is 0 Å². The smallest absolute Gasteiger partial charge is 0.254 e. The topological polar surface area (TPSA) is 97.8 Å². The van der Waals surface area contributed by atoms with Gasteiger partial charge >= 0.3 is 0 Å². The SMILES string of the molecule is COc1cc(OC)cc(C(=O)N2CC3CC(NS(=O)(=O)c4cccnc4)C2C3)c1. The monoisotopic (exact) mass is 417 g/mol. The molecular formula is C20H23N3O5S. The normalized spacial score (nSPS) is 23.2. The molecule has 1 saturated carbocycles. The molecule has 3 atom stereocenters. The molecule has 2 fully saturated rings. The first-order valence-electron chi connectivity index (χ1n) is 9.37. The fraction of sp³-hybridized carbons (Fsp3) is 0.400. The van der Waals surface area contributed by atoms with Gasteiger partial charge in [0, 0.05) is 42.7 Å². The van der Waals surface area contributed by atoms with E-state index in [1.165, 1.54) is 32.7 Å². The molecule has 29 heavy (non-hydrogen) atoms. The summed E-state index contributed by atoms with van der Waals surface area (Å²) in [6.07, 6.45) is 4.35. The maximum atomic E-state index is 13.2. The Morgan fingerprint density at radius 3 is 2.48 bits per heavy atom. The molecule has 0 spiro atoms. The van der Waals surface area contributed by atoms with Crippen LogP contribution in [0.1, 0.15) is 23.2 Å². The van der Waals surface area contributed by atoms with Crippen molar-refractivity contribution in [3.8, 4) is 11.5 Å². The number of pyridine rings is 1. The van der Waals surface area contributed by atoms with Gasteiger partial charge in [0.25, 0.3) is 5.91 Å². The quantitative estimate of drug-likeness (QED) is 0.768. The minimum Gasteiger partial charge on any atom is -0.497 e. The van der Waals surface area contributed by atoms with Gasteiger partial charge in [0.15, 0.2) is 0 Å². The molecule has 2 aromatic rings. The minimum atomic E-state index is -3.69. The molecule has 9 heteroatoms. The predicted octanol–water partition coefficient (Wildman–Crippen LogP) is 1.68. The number of aromatic nitrogens is 1. The van der Waals surface area contributed by atoms with E-state index in [2.05, 4.69) is 9.71 Å². The lowest BCUT2D eigenvalue weighted by Crippen LogP contribution is -2.51. The number of sulfonamides is 1. The van der Waals surface area contributed by atoms with E-state index in [-0.39, 0.29) is 28.8 Å². The molecule has 3 unspecified atom stereocenters. The van der Waals surface area contributed by atoms with Crippen molar-refractivity contribution in [3.05, 3.63) is 48.3 Å². The highest BCUT2D eigenvalue weighted by atomic mass is 32.2. The Hall–Kier alpha value is -2.65. The fourth-order valence-electron chi connectivity index (χ4n) is 4.26. The van der Waals surface area contributed by atoms with Crippen molar-refractivity contribution < 1.29 is 22.7 Å². The van der Waals surface area contributed by atoms with Gasteiger partial charge in [0.1, 0.15) is 16.4 Å². The summed E-state index contributed by atoms with van der Waals surface area (Å²) in [7, 11) is -0.628. The van der Waals surface area contributed by atoms with Crippen LogP contribution in [0.5, 0.6) is 11.5 Å². The Labute approximate surface area is 169 Å². The van der Waals surface area contributed by atoms with Gasteiger partial charge in [-0.25, -0.2) is 13.1 Å². The summed E-state index contributed by atoms with van der Waals surface area (Å²) >= 11 is 0. The highest BCUT2D eigenvalue weighted by Crippen LogP contribution is 2.39. The molecule has 4 rings (SSSR count). The maximum absolute atomic E-state index is 13.2. The van der Waals surface area contributed by atoms with Gasteiger partial charge in [-0.15, -0.1) is 0 Å². The lowest BCUT2D eigenvalue weighted by atomic mass is 10.0. The second kappa shape index (κ2) is 7.64. The maximum Gasteiger partial charge on any atom is 0.254 e. The molecule has 2 heterocycles. The average Bonchev–Trinajstić information content (AvgIpc) is 3.33. The van der Waals surface area contributed by atoms with Crippen molar-refractivity contribution in [2.45, 2.75) is 29.8 Å². The Morgan fingerprint density at radius 1 is 1.17 bits per heavy atom. The number of benzene rings is 1. The summed E-state index contributed by atoms with van der Waals surface area (Å²) in [6, 6.07) is 7.64. The van der Waals surface area contributed by atoms with Gasteiger partial charge in [0.05, 0.1) is 14.2 Å². The Kier molecular flexibility index (Phi) is 5.18. The van der Waals surface area contributed by atoms with E-state index in [0.717, 1.165) is 12.8 Å². The number of nitrogens with zero attached hydrogens (tertiary/aromatic N) is 2. The summed E-state index contributed by atoms with van der Waals surface area (Å²) in [5.41, 5.74) is 0.461. The zero-order chi connectivity index (χ0) is 20.6. The third kappa shape index (κ3) is 3.79. The van der Waals surface area contributed by atoms with Gasteiger partial charge in [-0.1, -0.05) is 0 Å². The number of ether oxygens (including phenoxy) is 2. The Bertz CT molecular complexity index is 990. The molecule has 1 amide bonds. The van der Waals surface area contributed by atoms with Crippen molar-refractivity contribution in [1.29, 1.82) is 0 Å². The van der Waals surface area contributed by atoms with Crippen LogP contribution in [-0.4, -0.2) is 57.1 Å². The number of methoxy groups -OCH3 is 2. The van der Waals surface area contributed by atoms with Crippen LogP contribution < -0.4 is 14.2 Å². The number of hydrogen-bond acceptors (Lipinski definition) is 6. The van der Waals surface area contributed by atoms with Crippen LogP contribution in [0.25, 0.3) is 0 Å². The molecule has 1 aliphatic heterocycles. The molecule has 0 radical (unpaired) electrons. The molecule has 1 aliphatic carbocycles. The number of nitrogens with one attached hydrogen (secondary N) is 1. The molecular weight excluding hydrogens is 394 g/mol. The number of amides is 1. The molecule has 1 saturated heterocycles.